The Kier molecular flexibility index (Phi) is 3.08. The fourth-order valence-corrected chi connectivity index (χ4v) is 0.204. The zero-order chi connectivity index (χ0) is 4.99. The summed E-state index contributed by atoms with van der Waals surface area (Å²) in [5.41, 5.74) is 0. The molecule has 6 heavy (non-hydrogen) atoms. The maximum absolute atomic E-state index is 8.56. The second kappa shape index (κ2) is 3.12. The zero-order valence-corrected chi connectivity index (χ0v) is 4.23. The summed E-state index contributed by atoms with van der Waals surface area (Å²) >= 11 is 0. The molecule has 0 aliphatic rings. The fraction of sp³-hybridized carbons (Fsp3) is 1.00. The highest BCUT2D eigenvalue weighted by atomic mass is 16.3. The molecule has 2 N–H and O–H groups in total. The van der Waals surface area contributed by atoms with Gasteiger partial charge in [-0.2, -0.15) is 0 Å². The standard InChI is InChI=1S/C4H11NO/c1-3-4(6)5-2/h4-6H,3H2,1-2H3/t4-/m1/s1. The third-order valence-electron chi connectivity index (χ3n) is 0.720. The number of aliphatic hydroxyl groups excluding tert-OH is 1. The van der Waals surface area contributed by atoms with E-state index in [1.54, 1.807) is 7.05 Å². The lowest BCUT2D eigenvalue weighted by Gasteiger charge is -2.01. The number of nitrogens with one attached hydrogen (secondary N) is 1. The quantitative estimate of drug-likeness (QED) is 0.464. The highest BCUT2D eigenvalue weighted by Crippen LogP contribution is 1.77. The van der Waals surface area contributed by atoms with Crippen LogP contribution in [0.3, 0.4) is 0 Å². The van der Waals surface area contributed by atoms with Gasteiger partial charge in [-0.05, 0) is 13.5 Å². The topological polar surface area (TPSA) is 32.3 Å². The van der Waals surface area contributed by atoms with Crippen LogP contribution in [0.15, 0.2) is 0 Å². The van der Waals surface area contributed by atoms with Gasteiger partial charge in [0.2, 0.25) is 0 Å². The normalized spacial score (nSPS) is 14.5. The monoisotopic (exact) mass is 89.1 g/mol. The molecule has 0 spiro atoms. The summed E-state index contributed by atoms with van der Waals surface area (Å²) in [6, 6.07) is 0. The van der Waals surface area contributed by atoms with Crippen molar-refractivity contribution >= 4 is 0 Å². The number of hydrogen-bond acceptors (Lipinski definition) is 2. The minimum Gasteiger partial charge on any atom is -0.379 e. The maximum Gasteiger partial charge on any atom is 0.104 e. The van der Waals surface area contributed by atoms with Crippen LogP contribution in [0.2, 0.25) is 0 Å². The van der Waals surface area contributed by atoms with Crippen LogP contribution in [0.4, 0.5) is 0 Å². The Morgan fingerprint density at radius 3 is 2.33 bits per heavy atom. The van der Waals surface area contributed by atoms with Crippen LogP contribution in [0.5, 0.6) is 0 Å². The molecule has 0 aromatic carbocycles. The first-order valence-corrected chi connectivity index (χ1v) is 2.16. The Balaban J connectivity index is 2.75. The van der Waals surface area contributed by atoms with Gasteiger partial charge < -0.3 is 5.11 Å². The van der Waals surface area contributed by atoms with E-state index in [1.807, 2.05) is 6.92 Å². The van der Waals surface area contributed by atoms with Crippen molar-refractivity contribution < 1.29 is 5.11 Å². The van der Waals surface area contributed by atoms with Crippen molar-refractivity contribution in [3.63, 3.8) is 0 Å². The van der Waals surface area contributed by atoms with Gasteiger partial charge in [0.1, 0.15) is 6.23 Å². The molecule has 0 saturated heterocycles. The molecule has 0 saturated carbocycles. The van der Waals surface area contributed by atoms with Crippen molar-refractivity contribution in [2.45, 2.75) is 19.6 Å². The second-order valence-electron chi connectivity index (χ2n) is 1.21. The molecular weight excluding hydrogens is 78.0 g/mol. The molecule has 2 nitrogen and oxygen atoms in total. The van der Waals surface area contributed by atoms with Crippen LogP contribution < -0.4 is 5.32 Å². The van der Waals surface area contributed by atoms with Crippen LogP contribution >= 0.6 is 0 Å². The van der Waals surface area contributed by atoms with Crippen LogP contribution in [0.1, 0.15) is 13.3 Å². The van der Waals surface area contributed by atoms with E-state index in [9.17, 15) is 0 Å². The van der Waals surface area contributed by atoms with Crippen molar-refractivity contribution in [1.82, 2.24) is 5.32 Å². The van der Waals surface area contributed by atoms with Crippen molar-refractivity contribution in [1.29, 1.82) is 0 Å². The Morgan fingerprint density at radius 2 is 2.33 bits per heavy atom. The van der Waals surface area contributed by atoms with E-state index in [1.165, 1.54) is 0 Å². The predicted octanol–water partition coefficient (Wildman–Crippen LogP) is -0.0658. The van der Waals surface area contributed by atoms with Crippen molar-refractivity contribution in [2.75, 3.05) is 7.05 Å². The van der Waals surface area contributed by atoms with E-state index >= 15 is 0 Å². The summed E-state index contributed by atoms with van der Waals surface area (Å²) < 4.78 is 0. The van der Waals surface area contributed by atoms with Gasteiger partial charge in [-0.3, -0.25) is 5.32 Å². The largest absolute Gasteiger partial charge is 0.379 e. The first kappa shape index (κ1) is 5.92. The maximum atomic E-state index is 8.56. The summed E-state index contributed by atoms with van der Waals surface area (Å²) in [4.78, 5) is 0. The van der Waals surface area contributed by atoms with Crippen LogP contribution in [0.25, 0.3) is 0 Å². The summed E-state index contributed by atoms with van der Waals surface area (Å²) in [7, 11) is 1.73. The van der Waals surface area contributed by atoms with E-state index < -0.39 is 0 Å². The summed E-state index contributed by atoms with van der Waals surface area (Å²) in [5.74, 6) is 0. The molecule has 0 aromatic rings. The molecule has 0 rings (SSSR count). The van der Waals surface area contributed by atoms with Gasteiger partial charge >= 0.3 is 0 Å². The molecule has 0 amide bonds. The Labute approximate surface area is 38.2 Å². The highest BCUT2D eigenvalue weighted by molar-refractivity contribution is 4.38. The van der Waals surface area contributed by atoms with E-state index in [4.69, 9.17) is 5.11 Å². The molecule has 0 aromatic heterocycles. The van der Waals surface area contributed by atoms with Gasteiger partial charge in [-0.1, -0.05) is 6.92 Å². The summed E-state index contributed by atoms with van der Waals surface area (Å²) in [6.45, 7) is 1.92. The van der Waals surface area contributed by atoms with Crippen molar-refractivity contribution in [3.8, 4) is 0 Å². The Bertz CT molecular complexity index is 26.7. The Hall–Kier alpha value is -0.0800. The molecule has 0 aliphatic carbocycles. The minimum atomic E-state index is -0.315. The van der Waals surface area contributed by atoms with Gasteiger partial charge in [0.15, 0.2) is 0 Å². The van der Waals surface area contributed by atoms with Gasteiger partial charge in [0.25, 0.3) is 0 Å². The molecule has 2 heteroatoms. The summed E-state index contributed by atoms with van der Waals surface area (Å²) in [6.07, 6.45) is 0.459. The van der Waals surface area contributed by atoms with Gasteiger partial charge in [-0.15, -0.1) is 0 Å². The first-order valence-electron chi connectivity index (χ1n) is 2.16. The van der Waals surface area contributed by atoms with Gasteiger partial charge in [0.05, 0.1) is 0 Å². The van der Waals surface area contributed by atoms with Crippen LogP contribution in [-0.4, -0.2) is 18.4 Å². The number of aliphatic hydroxyl groups is 1. The average molecular weight is 89.1 g/mol. The first-order chi connectivity index (χ1) is 2.81. The molecule has 0 unspecified atom stereocenters. The van der Waals surface area contributed by atoms with Gasteiger partial charge in [-0.25, -0.2) is 0 Å². The molecule has 0 radical (unpaired) electrons. The molecular formula is C4H11NO. The van der Waals surface area contributed by atoms with Crippen molar-refractivity contribution in [2.24, 2.45) is 0 Å². The molecule has 0 fully saturated rings. The lowest BCUT2D eigenvalue weighted by atomic mass is 10.4. The lowest BCUT2D eigenvalue weighted by molar-refractivity contribution is 0.143. The van der Waals surface area contributed by atoms with Crippen LogP contribution in [-0.2, 0) is 0 Å². The SMILES string of the molecule is CC[C@@H](O)NC. The van der Waals surface area contributed by atoms with E-state index in [0.717, 1.165) is 6.42 Å². The summed E-state index contributed by atoms with van der Waals surface area (Å²) in [5, 5.41) is 11.2. The molecule has 0 heterocycles. The Morgan fingerprint density at radius 1 is 1.83 bits per heavy atom. The van der Waals surface area contributed by atoms with E-state index in [0.29, 0.717) is 0 Å². The third-order valence-corrected chi connectivity index (χ3v) is 0.720. The van der Waals surface area contributed by atoms with E-state index in [2.05, 4.69) is 5.32 Å². The highest BCUT2D eigenvalue weighted by Gasteiger charge is 1.88. The lowest BCUT2D eigenvalue weighted by Crippen LogP contribution is -2.22. The number of rotatable bonds is 2. The van der Waals surface area contributed by atoms with Crippen molar-refractivity contribution in [3.05, 3.63) is 0 Å². The number of hydrogen-bond donors (Lipinski definition) is 2. The molecule has 0 aliphatic heterocycles. The second-order valence-corrected chi connectivity index (χ2v) is 1.21. The van der Waals surface area contributed by atoms with E-state index in [-0.39, 0.29) is 6.23 Å². The van der Waals surface area contributed by atoms with Gasteiger partial charge in [0, 0.05) is 0 Å². The molecule has 38 valence electrons. The smallest absolute Gasteiger partial charge is 0.104 e. The predicted molar refractivity (Wildman–Crippen MR) is 25.4 cm³/mol. The zero-order valence-electron chi connectivity index (χ0n) is 4.23. The van der Waals surface area contributed by atoms with Crippen LogP contribution in [0, 0.1) is 0 Å². The molecule has 0 bridgehead atoms. The third kappa shape index (κ3) is 2.18. The molecule has 1 atom stereocenters. The average Bonchev–Trinajstić information content (AvgIpc) is 1.65. The fourth-order valence-electron chi connectivity index (χ4n) is 0.204. The minimum absolute atomic E-state index is 0.315.